The highest BCUT2D eigenvalue weighted by molar-refractivity contribution is 9.10. The Morgan fingerprint density at radius 2 is 0.911 bits per heavy atom. The standard InChI is InChI=1S/2C19H29BrO2.H2O/c2*1-18-7-5-12(21)9-11(18)3-4-13-14(18)6-8-19(2)15(13)10-16(20)17(19)22;/h2*11-16,21H,3-10H2,1-2H3;1H2/t2*11?,12-,13+,14-,15-,16+,18-,19-;/m00./s1. The molecule has 2 unspecified atom stereocenters. The van der Waals surface area contributed by atoms with E-state index in [-0.39, 0.29) is 38.2 Å². The number of alkyl halides is 2. The monoisotopic (exact) mass is 754 g/mol. The normalized spacial score (nSPS) is 56.6. The Labute approximate surface area is 288 Å². The first-order valence-corrected chi connectivity index (χ1v) is 20.3. The first kappa shape index (κ1) is 35.0. The largest absolute Gasteiger partial charge is 0.412 e. The third kappa shape index (κ3) is 5.27. The number of ketones is 2. The van der Waals surface area contributed by atoms with Crippen LogP contribution in [0, 0.1) is 69.0 Å². The lowest BCUT2D eigenvalue weighted by Crippen LogP contribution is -2.54. The number of carbonyl (C=O) groups excluding carboxylic acids is 2. The fourth-order valence-corrected chi connectivity index (χ4v) is 15.8. The molecule has 5 nitrogen and oxygen atoms in total. The van der Waals surface area contributed by atoms with E-state index in [9.17, 15) is 19.8 Å². The average Bonchev–Trinajstić information content (AvgIpc) is 3.37. The van der Waals surface area contributed by atoms with Crippen molar-refractivity contribution < 1.29 is 25.3 Å². The molecule has 0 heterocycles. The Morgan fingerprint density at radius 3 is 1.29 bits per heavy atom. The van der Waals surface area contributed by atoms with Gasteiger partial charge in [0.05, 0.1) is 21.9 Å². The predicted octanol–water partition coefficient (Wildman–Crippen LogP) is 7.84. The molecule has 45 heavy (non-hydrogen) atoms. The Morgan fingerprint density at radius 1 is 0.533 bits per heavy atom. The minimum absolute atomic E-state index is 0. The molecule has 8 aliphatic rings. The van der Waals surface area contributed by atoms with Crippen LogP contribution in [0.3, 0.4) is 0 Å². The third-order valence-corrected chi connectivity index (χ3v) is 18.3. The van der Waals surface area contributed by atoms with Crippen LogP contribution in [-0.4, -0.2) is 49.1 Å². The summed E-state index contributed by atoms with van der Waals surface area (Å²) in [6, 6.07) is 0. The number of fused-ring (bicyclic) bond motifs is 10. The summed E-state index contributed by atoms with van der Waals surface area (Å²) in [5.74, 6) is 6.58. The van der Waals surface area contributed by atoms with Crippen LogP contribution in [0.1, 0.15) is 130 Å². The number of halogens is 2. The second-order valence-corrected chi connectivity index (χ2v) is 20.4. The lowest BCUT2D eigenvalue weighted by Gasteiger charge is -2.60. The maximum Gasteiger partial charge on any atom is 0.152 e. The molecule has 256 valence electrons. The highest BCUT2D eigenvalue weighted by Crippen LogP contribution is 2.67. The van der Waals surface area contributed by atoms with Crippen LogP contribution in [-0.2, 0) is 9.59 Å². The van der Waals surface area contributed by atoms with Gasteiger partial charge in [0, 0.05) is 10.8 Å². The molecule has 0 amide bonds. The van der Waals surface area contributed by atoms with Gasteiger partial charge in [0.2, 0.25) is 0 Å². The smallest absolute Gasteiger partial charge is 0.152 e. The molecule has 0 bridgehead atoms. The van der Waals surface area contributed by atoms with E-state index in [4.69, 9.17) is 0 Å². The molecule has 0 aliphatic heterocycles. The Balaban J connectivity index is 0.000000155. The molecule has 8 aliphatic carbocycles. The van der Waals surface area contributed by atoms with Gasteiger partial charge in [0.1, 0.15) is 0 Å². The molecule has 0 spiro atoms. The molecule has 4 N–H and O–H groups in total. The molecule has 8 saturated carbocycles. The summed E-state index contributed by atoms with van der Waals surface area (Å²) in [6.07, 6.45) is 18.1. The van der Waals surface area contributed by atoms with E-state index in [2.05, 4.69) is 59.6 Å². The van der Waals surface area contributed by atoms with Gasteiger partial charge in [0.15, 0.2) is 11.6 Å². The van der Waals surface area contributed by atoms with E-state index in [1.54, 1.807) is 0 Å². The van der Waals surface area contributed by atoms with Crippen molar-refractivity contribution in [3.05, 3.63) is 0 Å². The van der Waals surface area contributed by atoms with E-state index in [1.807, 2.05) is 0 Å². The van der Waals surface area contributed by atoms with Gasteiger partial charge in [-0.25, -0.2) is 0 Å². The number of Topliss-reactive ketones (excluding diaryl/α,β-unsaturated/α-hetero) is 2. The van der Waals surface area contributed by atoms with Crippen LogP contribution in [0.5, 0.6) is 0 Å². The van der Waals surface area contributed by atoms with Gasteiger partial charge in [-0.05, 0) is 161 Å². The van der Waals surface area contributed by atoms with Crippen molar-refractivity contribution in [3.63, 3.8) is 0 Å². The summed E-state index contributed by atoms with van der Waals surface area (Å²) in [5.41, 5.74) is 0.702. The summed E-state index contributed by atoms with van der Waals surface area (Å²) < 4.78 is 0. The summed E-state index contributed by atoms with van der Waals surface area (Å²) in [4.78, 5) is 25.5. The van der Waals surface area contributed by atoms with Crippen molar-refractivity contribution in [3.8, 4) is 0 Å². The van der Waals surface area contributed by atoms with E-state index in [1.165, 1.54) is 51.4 Å². The average molecular weight is 757 g/mol. The van der Waals surface area contributed by atoms with Crippen molar-refractivity contribution in [1.29, 1.82) is 0 Å². The van der Waals surface area contributed by atoms with Crippen molar-refractivity contribution >= 4 is 43.4 Å². The maximum atomic E-state index is 12.7. The number of aliphatic hydroxyl groups is 2. The van der Waals surface area contributed by atoms with E-state index < -0.39 is 0 Å². The topological polar surface area (TPSA) is 106 Å². The van der Waals surface area contributed by atoms with Crippen LogP contribution < -0.4 is 0 Å². The van der Waals surface area contributed by atoms with Crippen molar-refractivity contribution in [1.82, 2.24) is 0 Å². The Hall–Kier alpha value is 0.180. The minimum atomic E-state index is -0.0662. The quantitative estimate of drug-likeness (QED) is 0.246. The van der Waals surface area contributed by atoms with Crippen LogP contribution >= 0.6 is 31.9 Å². The summed E-state index contributed by atoms with van der Waals surface area (Å²) >= 11 is 7.31. The van der Waals surface area contributed by atoms with E-state index >= 15 is 0 Å². The summed E-state index contributed by atoms with van der Waals surface area (Å²) in [7, 11) is 0. The zero-order chi connectivity index (χ0) is 31.4. The third-order valence-electron chi connectivity index (χ3n) is 16.7. The number of carbonyl (C=O) groups is 2. The second-order valence-electron chi connectivity index (χ2n) is 18.2. The van der Waals surface area contributed by atoms with Gasteiger partial charge < -0.3 is 15.7 Å². The second kappa shape index (κ2) is 12.2. The van der Waals surface area contributed by atoms with Gasteiger partial charge in [-0.1, -0.05) is 59.6 Å². The SMILES string of the molecule is C[C@]12CC[C@H](O)CC1CC[C@@H]1[C@@H]2CC[C@]2(C)C(=O)[C@H](Br)C[C@@H]12.C[C@]12CC[C@H](O)CC1CC[C@@H]1[C@@H]2CC[C@]2(C)C(=O)[C@H](Br)C[C@@H]12.O. The lowest BCUT2D eigenvalue weighted by molar-refractivity contribution is -0.142. The molecular weight excluding hydrogens is 696 g/mol. The zero-order valence-corrected chi connectivity index (χ0v) is 31.4. The molecule has 16 atom stereocenters. The van der Waals surface area contributed by atoms with Gasteiger partial charge in [0.25, 0.3) is 0 Å². The number of rotatable bonds is 0. The lowest BCUT2D eigenvalue weighted by atomic mass is 9.45. The molecule has 0 radical (unpaired) electrons. The molecular formula is C38H60Br2O5. The van der Waals surface area contributed by atoms with Crippen LogP contribution in [0.25, 0.3) is 0 Å². The number of hydrogen-bond acceptors (Lipinski definition) is 4. The molecule has 8 rings (SSSR count). The maximum absolute atomic E-state index is 12.7. The van der Waals surface area contributed by atoms with Crippen LogP contribution in [0.15, 0.2) is 0 Å². The molecule has 0 aromatic heterocycles. The van der Waals surface area contributed by atoms with Gasteiger partial charge in [-0.3, -0.25) is 9.59 Å². The Kier molecular flexibility index (Phi) is 9.49. The van der Waals surface area contributed by atoms with Crippen LogP contribution in [0.4, 0.5) is 0 Å². The fourth-order valence-electron chi connectivity index (χ4n) is 14.0. The number of aliphatic hydroxyl groups excluding tert-OH is 2. The predicted molar refractivity (Wildman–Crippen MR) is 185 cm³/mol. The van der Waals surface area contributed by atoms with Crippen LogP contribution in [0.2, 0.25) is 0 Å². The number of hydrogen-bond donors (Lipinski definition) is 2. The highest BCUT2D eigenvalue weighted by atomic mass is 79.9. The van der Waals surface area contributed by atoms with Crippen molar-refractivity contribution in [2.75, 3.05) is 0 Å². The van der Waals surface area contributed by atoms with E-state index in [0.717, 1.165) is 75.0 Å². The minimum Gasteiger partial charge on any atom is -0.412 e. The van der Waals surface area contributed by atoms with Gasteiger partial charge in [-0.15, -0.1) is 0 Å². The Bertz CT molecular complexity index is 1070. The fraction of sp³-hybridized carbons (Fsp3) is 0.947. The molecule has 7 heteroatoms. The van der Waals surface area contributed by atoms with Crippen molar-refractivity contribution in [2.45, 2.75) is 152 Å². The summed E-state index contributed by atoms with van der Waals surface area (Å²) in [6.45, 7) is 9.50. The molecule has 0 aromatic carbocycles. The molecule has 0 saturated heterocycles. The van der Waals surface area contributed by atoms with Gasteiger partial charge in [-0.2, -0.15) is 0 Å². The summed E-state index contributed by atoms with van der Waals surface area (Å²) in [5, 5.41) is 20.1. The first-order chi connectivity index (χ1) is 20.7. The van der Waals surface area contributed by atoms with E-state index in [0.29, 0.717) is 46.1 Å². The molecule has 8 fully saturated rings. The van der Waals surface area contributed by atoms with Crippen molar-refractivity contribution in [2.24, 2.45) is 69.0 Å². The van der Waals surface area contributed by atoms with Gasteiger partial charge >= 0.3 is 0 Å². The molecule has 0 aromatic rings. The highest BCUT2D eigenvalue weighted by Gasteiger charge is 2.63. The zero-order valence-electron chi connectivity index (χ0n) is 28.2. The first-order valence-electron chi connectivity index (χ1n) is 18.5.